The molecule has 2 rings (SSSR count). The molecule has 0 radical (unpaired) electrons. The molecular formula is C16H19NO3. The first-order valence-corrected chi connectivity index (χ1v) is 6.70. The fourth-order valence-electron chi connectivity index (χ4n) is 2.17. The predicted molar refractivity (Wildman–Crippen MR) is 78.9 cm³/mol. The first-order chi connectivity index (χ1) is 9.70. The smallest absolute Gasteiger partial charge is 0.216 e. The topological polar surface area (TPSA) is 58.6 Å². The highest BCUT2D eigenvalue weighted by Crippen LogP contribution is 2.24. The summed E-state index contributed by atoms with van der Waals surface area (Å²) in [4.78, 5) is 10.9. The van der Waals surface area contributed by atoms with Gasteiger partial charge in [0.1, 0.15) is 12.4 Å². The van der Waals surface area contributed by atoms with Crippen molar-refractivity contribution in [3.8, 4) is 5.75 Å². The first kappa shape index (κ1) is 14.3. The molecule has 0 atom stereocenters. The summed E-state index contributed by atoms with van der Waals surface area (Å²) in [7, 11) is 0. The molecule has 2 aromatic rings. The fraction of sp³-hybridized carbons (Fsp3) is 0.312. The van der Waals surface area contributed by atoms with E-state index in [1.165, 1.54) is 12.5 Å². The number of carbonyl (C=O) groups excluding carboxylic acids is 1. The molecule has 106 valence electrons. The van der Waals surface area contributed by atoms with Gasteiger partial charge in [0.25, 0.3) is 0 Å². The van der Waals surface area contributed by atoms with Gasteiger partial charge in [-0.15, -0.1) is 0 Å². The number of aliphatic hydroxyl groups is 1. The Hall–Kier alpha value is -2.07. The Bertz CT molecular complexity index is 595. The van der Waals surface area contributed by atoms with Crippen molar-refractivity contribution >= 4 is 16.7 Å². The molecule has 4 nitrogen and oxygen atoms in total. The van der Waals surface area contributed by atoms with Crippen LogP contribution in [0.25, 0.3) is 10.8 Å². The molecule has 0 bridgehead atoms. The lowest BCUT2D eigenvalue weighted by Crippen LogP contribution is -2.22. The van der Waals surface area contributed by atoms with Crippen LogP contribution in [0, 0.1) is 0 Å². The highest BCUT2D eigenvalue weighted by molar-refractivity contribution is 5.87. The third kappa shape index (κ3) is 3.71. The van der Waals surface area contributed by atoms with Crippen LogP contribution in [0.5, 0.6) is 5.75 Å². The van der Waals surface area contributed by atoms with Crippen LogP contribution in [0.4, 0.5) is 0 Å². The van der Waals surface area contributed by atoms with E-state index in [0.29, 0.717) is 13.2 Å². The second-order valence-electron chi connectivity index (χ2n) is 4.61. The summed E-state index contributed by atoms with van der Waals surface area (Å²) in [5.74, 6) is 0.746. The maximum Gasteiger partial charge on any atom is 0.216 e. The number of amides is 1. The Morgan fingerprint density at radius 2 is 2.15 bits per heavy atom. The summed E-state index contributed by atoms with van der Waals surface area (Å²) in [6.07, 6.45) is 0.799. The summed E-state index contributed by atoms with van der Waals surface area (Å²) in [5, 5.41) is 13.8. The van der Waals surface area contributed by atoms with Crippen molar-refractivity contribution in [1.29, 1.82) is 0 Å². The lowest BCUT2D eigenvalue weighted by Gasteiger charge is -2.09. The molecule has 0 aliphatic heterocycles. The minimum Gasteiger partial charge on any atom is -0.491 e. The van der Waals surface area contributed by atoms with Gasteiger partial charge in [-0.2, -0.15) is 0 Å². The summed E-state index contributed by atoms with van der Waals surface area (Å²) in [6, 6.07) is 12.0. The Labute approximate surface area is 118 Å². The Morgan fingerprint density at radius 1 is 1.30 bits per heavy atom. The van der Waals surface area contributed by atoms with Crippen molar-refractivity contribution in [2.75, 3.05) is 19.8 Å². The predicted octanol–water partition coefficient (Wildman–Crippen LogP) is 1.89. The van der Waals surface area contributed by atoms with Crippen molar-refractivity contribution in [2.24, 2.45) is 0 Å². The second-order valence-corrected chi connectivity index (χ2v) is 4.61. The van der Waals surface area contributed by atoms with Gasteiger partial charge in [-0.05, 0) is 34.9 Å². The number of aliphatic hydroxyl groups excluding tert-OH is 1. The molecule has 0 spiro atoms. The molecule has 0 saturated carbocycles. The van der Waals surface area contributed by atoms with Crippen LogP contribution in [0.3, 0.4) is 0 Å². The minimum atomic E-state index is -0.00933. The quantitative estimate of drug-likeness (QED) is 0.845. The molecule has 4 heteroatoms. The second kappa shape index (κ2) is 6.91. The van der Waals surface area contributed by atoms with E-state index in [9.17, 15) is 4.79 Å². The number of hydrogen-bond donors (Lipinski definition) is 2. The zero-order valence-corrected chi connectivity index (χ0v) is 11.6. The van der Waals surface area contributed by atoms with Gasteiger partial charge in [0, 0.05) is 13.5 Å². The van der Waals surface area contributed by atoms with Crippen molar-refractivity contribution in [3.05, 3.63) is 42.0 Å². The highest BCUT2D eigenvalue weighted by atomic mass is 16.5. The summed E-state index contributed by atoms with van der Waals surface area (Å²) < 4.78 is 5.41. The molecular weight excluding hydrogens is 254 g/mol. The molecule has 0 fully saturated rings. The molecule has 2 aromatic carbocycles. The maximum absolute atomic E-state index is 10.9. The van der Waals surface area contributed by atoms with Crippen molar-refractivity contribution in [3.63, 3.8) is 0 Å². The summed E-state index contributed by atoms with van der Waals surface area (Å²) in [5.41, 5.74) is 1.20. The standard InChI is InChI=1S/C16H19NO3/c1-12(19)17-8-7-13-3-2-4-14-11-15(20-10-9-18)5-6-16(13)14/h2-6,11,18H,7-10H2,1H3,(H,17,19). The molecule has 0 saturated heterocycles. The van der Waals surface area contributed by atoms with Crippen LogP contribution >= 0.6 is 0 Å². The van der Waals surface area contributed by atoms with E-state index in [1.807, 2.05) is 30.3 Å². The highest BCUT2D eigenvalue weighted by Gasteiger charge is 2.03. The molecule has 0 heterocycles. The van der Waals surface area contributed by atoms with E-state index in [2.05, 4.69) is 11.4 Å². The molecule has 1 amide bonds. The van der Waals surface area contributed by atoms with E-state index >= 15 is 0 Å². The van der Waals surface area contributed by atoms with Crippen LogP contribution in [0.2, 0.25) is 0 Å². The van der Waals surface area contributed by atoms with Crippen LogP contribution < -0.4 is 10.1 Å². The lowest BCUT2D eigenvalue weighted by molar-refractivity contribution is -0.118. The monoisotopic (exact) mass is 273 g/mol. The van der Waals surface area contributed by atoms with Crippen molar-refractivity contribution < 1.29 is 14.6 Å². The third-order valence-corrected chi connectivity index (χ3v) is 3.07. The van der Waals surface area contributed by atoms with E-state index in [-0.39, 0.29) is 12.5 Å². The van der Waals surface area contributed by atoms with Gasteiger partial charge < -0.3 is 15.2 Å². The van der Waals surface area contributed by atoms with Gasteiger partial charge in [0.2, 0.25) is 5.91 Å². The maximum atomic E-state index is 10.9. The molecule has 2 N–H and O–H groups in total. The summed E-state index contributed by atoms with van der Waals surface area (Å²) >= 11 is 0. The molecule has 0 aliphatic rings. The number of benzene rings is 2. The first-order valence-electron chi connectivity index (χ1n) is 6.70. The van der Waals surface area contributed by atoms with Crippen LogP contribution in [0.1, 0.15) is 12.5 Å². The normalized spacial score (nSPS) is 10.5. The fourth-order valence-corrected chi connectivity index (χ4v) is 2.17. The van der Waals surface area contributed by atoms with E-state index in [1.54, 1.807) is 0 Å². The largest absolute Gasteiger partial charge is 0.491 e. The molecule has 20 heavy (non-hydrogen) atoms. The average molecular weight is 273 g/mol. The minimum absolute atomic E-state index is 0.00872. The number of nitrogens with one attached hydrogen (secondary N) is 1. The number of carbonyl (C=O) groups is 1. The van der Waals surface area contributed by atoms with Gasteiger partial charge in [-0.1, -0.05) is 24.3 Å². The number of rotatable bonds is 6. The van der Waals surface area contributed by atoms with Crippen LogP contribution in [0.15, 0.2) is 36.4 Å². The zero-order chi connectivity index (χ0) is 14.4. The summed E-state index contributed by atoms with van der Waals surface area (Å²) in [6.45, 7) is 2.47. The van der Waals surface area contributed by atoms with Gasteiger partial charge in [0.05, 0.1) is 6.61 Å². The Kier molecular flexibility index (Phi) is 4.96. The lowest BCUT2D eigenvalue weighted by atomic mass is 10.0. The van der Waals surface area contributed by atoms with Gasteiger partial charge in [0.15, 0.2) is 0 Å². The average Bonchev–Trinajstić information content (AvgIpc) is 2.44. The van der Waals surface area contributed by atoms with E-state index in [0.717, 1.165) is 22.9 Å². The molecule has 0 unspecified atom stereocenters. The zero-order valence-electron chi connectivity index (χ0n) is 11.6. The Balaban J connectivity index is 2.17. The van der Waals surface area contributed by atoms with Crippen molar-refractivity contribution in [1.82, 2.24) is 5.32 Å². The van der Waals surface area contributed by atoms with Gasteiger partial charge >= 0.3 is 0 Å². The SMILES string of the molecule is CC(=O)NCCc1cccc2cc(OCCO)ccc12. The van der Waals surface area contributed by atoms with Gasteiger partial charge in [-0.3, -0.25) is 4.79 Å². The van der Waals surface area contributed by atoms with Crippen LogP contribution in [-0.2, 0) is 11.2 Å². The molecule has 0 aliphatic carbocycles. The third-order valence-electron chi connectivity index (χ3n) is 3.07. The van der Waals surface area contributed by atoms with Gasteiger partial charge in [-0.25, -0.2) is 0 Å². The van der Waals surface area contributed by atoms with E-state index in [4.69, 9.17) is 9.84 Å². The number of ether oxygens (including phenoxy) is 1. The van der Waals surface area contributed by atoms with Crippen LogP contribution in [-0.4, -0.2) is 30.8 Å². The van der Waals surface area contributed by atoms with E-state index < -0.39 is 0 Å². The number of fused-ring (bicyclic) bond motifs is 1. The molecule has 0 aromatic heterocycles. The van der Waals surface area contributed by atoms with Crippen molar-refractivity contribution in [2.45, 2.75) is 13.3 Å². The number of hydrogen-bond acceptors (Lipinski definition) is 3. The Morgan fingerprint density at radius 3 is 2.90 bits per heavy atom.